The standard InChI is InChI=1S/C21H26N4O2/c1-3-27-20(26)19-15-22-21(23-16-19)25-13-11-24(12-14-25)17(2)9-10-18-7-5-4-6-8-18/h4-10,15-17H,3,11-14H2,1-2H3/b10-9+. The van der Waals surface area contributed by atoms with Crippen molar-refractivity contribution in [2.24, 2.45) is 0 Å². The van der Waals surface area contributed by atoms with Crippen LogP contribution in [0.4, 0.5) is 5.95 Å². The fraction of sp³-hybridized carbons (Fsp3) is 0.381. The molecule has 0 spiro atoms. The van der Waals surface area contributed by atoms with Crippen molar-refractivity contribution >= 4 is 18.0 Å². The molecule has 1 fully saturated rings. The summed E-state index contributed by atoms with van der Waals surface area (Å²) in [5.74, 6) is 0.281. The predicted octanol–water partition coefficient (Wildman–Crippen LogP) is 2.88. The van der Waals surface area contributed by atoms with Crippen molar-refractivity contribution in [1.82, 2.24) is 14.9 Å². The Morgan fingerprint density at radius 1 is 1.15 bits per heavy atom. The molecule has 1 aromatic heterocycles. The number of hydrogen-bond donors (Lipinski definition) is 0. The van der Waals surface area contributed by atoms with E-state index in [4.69, 9.17) is 4.74 Å². The zero-order valence-electron chi connectivity index (χ0n) is 15.9. The molecule has 0 saturated carbocycles. The molecular weight excluding hydrogens is 340 g/mol. The maximum atomic E-state index is 11.7. The van der Waals surface area contributed by atoms with Crippen LogP contribution in [0.2, 0.25) is 0 Å². The fourth-order valence-electron chi connectivity index (χ4n) is 3.07. The molecule has 0 aliphatic carbocycles. The Hall–Kier alpha value is -2.73. The van der Waals surface area contributed by atoms with E-state index in [0.29, 0.717) is 24.2 Å². The van der Waals surface area contributed by atoms with E-state index in [1.807, 2.05) is 6.07 Å². The molecule has 3 rings (SSSR count). The van der Waals surface area contributed by atoms with E-state index in [2.05, 4.69) is 63.1 Å². The lowest BCUT2D eigenvalue weighted by atomic mass is 10.1. The van der Waals surface area contributed by atoms with Gasteiger partial charge >= 0.3 is 5.97 Å². The molecule has 6 nitrogen and oxygen atoms in total. The van der Waals surface area contributed by atoms with E-state index in [1.54, 1.807) is 6.92 Å². The third-order valence-corrected chi connectivity index (χ3v) is 4.69. The van der Waals surface area contributed by atoms with Gasteiger partial charge in [-0.25, -0.2) is 14.8 Å². The quantitative estimate of drug-likeness (QED) is 0.733. The Labute approximate surface area is 160 Å². The monoisotopic (exact) mass is 366 g/mol. The molecule has 0 N–H and O–H groups in total. The normalized spacial score (nSPS) is 16.4. The van der Waals surface area contributed by atoms with Crippen molar-refractivity contribution in [3.05, 3.63) is 59.9 Å². The first-order valence-corrected chi connectivity index (χ1v) is 9.39. The SMILES string of the molecule is CCOC(=O)c1cnc(N2CCN(C(C)/C=C/c3ccccc3)CC2)nc1. The van der Waals surface area contributed by atoms with Crippen molar-refractivity contribution < 1.29 is 9.53 Å². The van der Waals surface area contributed by atoms with Gasteiger partial charge in [0.2, 0.25) is 5.95 Å². The van der Waals surface area contributed by atoms with E-state index in [9.17, 15) is 4.79 Å². The van der Waals surface area contributed by atoms with Crippen molar-refractivity contribution in [3.8, 4) is 0 Å². The molecule has 1 atom stereocenters. The maximum Gasteiger partial charge on any atom is 0.341 e. The summed E-state index contributed by atoms with van der Waals surface area (Å²) in [4.78, 5) is 25.0. The summed E-state index contributed by atoms with van der Waals surface area (Å²) >= 11 is 0. The molecule has 0 bridgehead atoms. The number of nitrogens with zero attached hydrogens (tertiary/aromatic N) is 4. The molecule has 27 heavy (non-hydrogen) atoms. The topological polar surface area (TPSA) is 58.6 Å². The molecule has 1 unspecified atom stereocenters. The summed E-state index contributed by atoms with van der Waals surface area (Å²) in [5.41, 5.74) is 1.61. The lowest BCUT2D eigenvalue weighted by Crippen LogP contribution is -2.49. The van der Waals surface area contributed by atoms with E-state index in [-0.39, 0.29) is 5.97 Å². The van der Waals surface area contributed by atoms with Gasteiger partial charge in [0.25, 0.3) is 0 Å². The van der Waals surface area contributed by atoms with Gasteiger partial charge in [0.05, 0.1) is 12.2 Å². The average Bonchev–Trinajstić information content (AvgIpc) is 2.73. The number of anilines is 1. The molecular formula is C21H26N4O2. The van der Waals surface area contributed by atoms with E-state index < -0.39 is 0 Å². The van der Waals surface area contributed by atoms with Gasteiger partial charge in [0.1, 0.15) is 0 Å². The smallest absolute Gasteiger partial charge is 0.341 e. The van der Waals surface area contributed by atoms with Gasteiger partial charge in [0.15, 0.2) is 0 Å². The van der Waals surface area contributed by atoms with Crippen LogP contribution in [0.1, 0.15) is 29.8 Å². The Bertz CT molecular complexity index is 754. The Morgan fingerprint density at radius 3 is 2.44 bits per heavy atom. The summed E-state index contributed by atoms with van der Waals surface area (Å²) in [5, 5.41) is 0. The highest BCUT2D eigenvalue weighted by molar-refractivity contribution is 5.88. The molecule has 2 heterocycles. The number of piperazine rings is 1. The van der Waals surface area contributed by atoms with Gasteiger partial charge < -0.3 is 9.64 Å². The molecule has 0 radical (unpaired) electrons. The number of ether oxygens (including phenoxy) is 1. The summed E-state index contributed by atoms with van der Waals surface area (Å²) in [6.45, 7) is 7.97. The van der Waals surface area contributed by atoms with Crippen LogP contribution >= 0.6 is 0 Å². The van der Waals surface area contributed by atoms with Gasteiger partial charge in [-0.15, -0.1) is 0 Å². The molecule has 0 amide bonds. The van der Waals surface area contributed by atoms with Crippen LogP contribution in [0.25, 0.3) is 6.08 Å². The number of carbonyl (C=O) groups is 1. The highest BCUT2D eigenvalue weighted by atomic mass is 16.5. The van der Waals surface area contributed by atoms with Crippen LogP contribution in [-0.2, 0) is 4.74 Å². The Morgan fingerprint density at radius 2 is 1.81 bits per heavy atom. The molecule has 1 aliphatic rings. The second-order valence-corrected chi connectivity index (χ2v) is 6.53. The number of benzene rings is 1. The summed E-state index contributed by atoms with van der Waals surface area (Å²) in [7, 11) is 0. The van der Waals surface area contributed by atoms with Crippen LogP contribution in [0.5, 0.6) is 0 Å². The summed E-state index contributed by atoms with van der Waals surface area (Å²) in [6, 6.07) is 10.7. The van der Waals surface area contributed by atoms with Crippen molar-refractivity contribution in [1.29, 1.82) is 0 Å². The zero-order valence-corrected chi connectivity index (χ0v) is 15.9. The van der Waals surface area contributed by atoms with Crippen molar-refractivity contribution in [3.63, 3.8) is 0 Å². The predicted molar refractivity (Wildman–Crippen MR) is 107 cm³/mol. The van der Waals surface area contributed by atoms with Gasteiger partial charge in [-0.05, 0) is 19.4 Å². The highest BCUT2D eigenvalue weighted by Gasteiger charge is 2.21. The lowest BCUT2D eigenvalue weighted by Gasteiger charge is -2.37. The van der Waals surface area contributed by atoms with E-state index in [0.717, 1.165) is 26.2 Å². The Balaban J connectivity index is 1.52. The molecule has 142 valence electrons. The lowest BCUT2D eigenvalue weighted by molar-refractivity contribution is 0.0525. The summed E-state index contributed by atoms with van der Waals surface area (Å²) < 4.78 is 4.96. The number of rotatable bonds is 6. The second-order valence-electron chi connectivity index (χ2n) is 6.53. The molecule has 1 aliphatic heterocycles. The van der Waals surface area contributed by atoms with Crippen molar-refractivity contribution in [2.45, 2.75) is 19.9 Å². The van der Waals surface area contributed by atoms with Gasteiger partial charge in [-0.1, -0.05) is 42.5 Å². The van der Waals surface area contributed by atoms with Gasteiger partial charge in [0, 0.05) is 44.6 Å². The highest BCUT2D eigenvalue weighted by Crippen LogP contribution is 2.14. The van der Waals surface area contributed by atoms with Crippen LogP contribution in [0.3, 0.4) is 0 Å². The molecule has 1 saturated heterocycles. The third-order valence-electron chi connectivity index (χ3n) is 4.69. The largest absolute Gasteiger partial charge is 0.462 e. The molecule has 6 heteroatoms. The average molecular weight is 366 g/mol. The van der Waals surface area contributed by atoms with Crippen LogP contribution < -0.4 is 4.90 Å². The number of aromatic nitrogens is 2. The van der Waals surface area contributed by atoms with Crippen LogP contribution in [-0.4, -0.2) is 59.7 Å². The molecule has 2 aromatic rings. The third kappa shape index (κ3) is 5.14. The van der Waals surface area contributed by atoms with E-state index in [1.165, 1.54) is 18.0 Å². The van der Waals surface area contributed by atoms with Crippen LogP contribution in [0, 0.1) is 0 Å². The summed E-state index contributed by atoms with van der Waals surface area (Å²) in [6.07, 6.45) is 7.50. The number of hydrogen-bond acceptors (Lipinski definition) is 6. The minimum atomic E-state index is -0.382. The first-order chi connectivity index (χ1) is 13.2. The molecule has 1 aromatic carbocycles. The fourth-order valence-corrected chi connectivity index (χ4v) is 3.07. The van der Waals surface area contributed by atoms with Crippen molar-refractivity contribution in [2.75, 3.05) is 37.7 Å². The zero-order chi connectivity index (χ0) is 19.1. The second kappa shape index (κ2) is 9.28. The van der Waals surface area contributed by atoms with Gasteiger partial charge in [-0.2, -0.15) is 0 Å². The van der Waals surface area contributed by atoms with E-state index >= 15 is 0 Å². The minimum absolute atomic E-state index is 0.347. The minimum Gasteiger partial charge on any atom is -0.462 e. The first-order valence-electron chi connectivity index (χ1n) is 9.39. The Kier molecular flexibility index (Phi) is 6.54. The number of carbonyl (C=O) groups excluding carboxylic acids is 1. The van der Waals surface area contributed by atoms with Gasteiger partial charge in [-0.3, -0.25) is 4.90 Å². The van der Waals surface area contributed by atoms with Crippen LogP contribution in [0.15, 0.2) is 48.8 Å². The maximum absolute atomic E-state index is 11.7. The first kappa shape index (κ1) is 19.0. The number of esters is 1.